The smallest absolute Gasteiger partial charge is 0.309 e. The van der Waals surface area contributed by atoms with Crippen LogP contribution in [0.15, 0.2) is 17.0 Å². The van der Waals surface area contributed by atoms with Crippen LogP contribution in [-0.4, -0.2) is 62.3 Å². The fourth-order valence-electron chi connectivity index (χ4n) is 4.92. The second kappa shape index (κ2) is 9.69. The van der Waals surface area contributed by atoms with Crippen molar-refractivity contribution < 1.29 is 22.7 Å². The Morgan fingerprint density at radius 2 is 1.61 bits per heavy atom. The fourth-order valence-corrected chi connectivity index (χ4v) is 6.85. The molecule has 2 aliphatic heterocycles. The van der Waals surface area contributed by atoms with Crippen LogP contribution in [0, 0.1) is 32.6 Å². The number of nitrogens with zero attached hydrogens (tertiary/aromatic N) is 2. The van der Waals surface area contributed by atoms with Crippen molar-refractivity contribution in [1.82, 2.24) is 9.21 Å². The van der Waals surface area contributed by atoms with E-state index in [4.69, 9.17) is 4.74 Å². The zero-order chi connectivity index (χ0) is 22.8. The first-order valence-electron chi connectivity index (χ1n) is 11.2. The number of ether oxygens (including phenoxy) is 1. The summed E-state index contributed by atoms with van der Waals surface area (Å²) in [6, 6.07) is 3.78. The molecule has 1 aromatic carbocycles. The lowest BCUT2D eigenvalue weighted by atomic mass is 9.93. The normalized spacial score (nSPS) is 21.2. The highest BCUT2D eigenvalue weighted by Crippen LogP contribution is 2.30. The third-order valence-corrected chi connectivity index (χ3v) is 8.53. The van der Waals surface area contributed by atoms with E-state index in [1.807, 2.05) is 32.9 Å². The minimum Gasteiger partial charge on any atom is -0.466 e. The average Bonchev–Trinajstić information content (AvgIpc) is 2.72. The van der Waals surface area contributed by atoms with E-state index in [-0.39, 0.29) is 30.3 Å². The van der Waals surface area contributed by atoms with Crippen molar-refractivity contribution in [3.63, 3.8) is 0 Å². The van der Waals surface area contributed by atoms with Gasteiger partial charge in [-0.25, -0.2) is 8.42 Å². The number of aryl methyl sites for hydroxylation is 3. The molecular formula is C23H34N2O5S. The summed E-state index contributed by atoms with van der Waals surface area (Å²) in [6.07, 6.45) is 2.55. The number of likely N-dealkylation sites (tertiary alicyclic amines) is 1. The largest absolute Gasteiger partial charge is 0.466 e. The SMILES string of the molecule is CCOC(=O)C1CCN(C(=O)[C@@H]2CCCN(S(=O)(=O)c3c(C)cc(C)cc3C)C2)CC1. The van der Waals surface area contributed by atoms with Crippen LogP contribution in [0.4, 0.5) is 0 Å². The summed E-state index contributed by atoms with van der Waals surface area (Å²) in [4.78, 5) is 27.2. The number of amides is 1. The van der Waals surface area contributed by atoms with E-state index >= 15 is 0 Å². The van der Waals surface area contributed by atoms with E-state index in [0.29, 0.717) is 56.8 Å². The van der Waals surface area contributed by atoms with Gasteiger partial charge in [0.1, 0.15) is 0 Å². The molecule has 0 bridgehead atoms. The van der Waals surface area contributed by atoms with E-state index in [2.05, 4.69) is 0 Å². The zero-order valence-corrected chi connectivity index (χ0v) is 19.8. The van der Waals surface area contributed by atoms with Crippen LogP contribution in [0.3, 0.4) is 0 Å². The molecule has 8 heteroatoms. The number of hydrogen-bond donors (Lipinski definition) is 0. The number of esters is 1. The van der Waals surface area contributed by atoms with Gasteiger partial charge in [0.2, 0.25) is 15.9 Å². The Morgan fingerprint density at radius 1 is 1.00 bits per heavy atom. The van der Waals surface area contributed by atoms with Crippen LogP contribution in [0.5, 0.6) is 0 Å². The summed E-state index contributed by atoms with van der Waals surface area (Å²) in [5.41, 5.74) is 2.52. The van der Waals surface area contributed by atoms with Crippen LogP contribution in [-0.2, 0) is 24.3 Å². The van der Waals surface area contributed by atoms with Gasteiger partial charge in [0.05, 0.1) is 23.3 Å². The van der Waals surface area contributed by atoms with Crippen molar-refractivity contribution in [1.29, 1.82) is 0 Å². The van der Waals surface area contributed by atoms with E-state index in [1.54, 1.807) is 11.8 Å². The van der Waals surface area contributed by atoms with Gasteiger partial charge in [-0.3, -0.25) is 9.59 Å². The lowest BCUT2D eigenvalue weighted by molar-refractivity contribution is -0.152. The molecule has 0 aliphatic carbocycles. The Morgan fingerprint density at radius 3 is 2.19 bits per heavy atom. The first kappa shape index (κ1) is 23.7. The van der Waals surface area contributed by atoms with Gasteiger partial charge in [-0.1, -0.05) is 17.7 Å². The highest BCUT2D eigenvalue weighted by Gasteiger charge is 2.37. The van der Waals surface area contributed by atoms with Gasteiger partial charge in [0.25, 0.3) is 0 Å². The molecule has 2 fully saturated rings. The third-order valence-electron chi connectivity index (χ3n) is 6.36. The van der Waals surface area contributed by atoms with Gasteiger partial charge in [-0.05, 0) is 64.5 Å². The molecule has 0 spiro atoms. The van der Waals surface area contributed by atoms with Crippen molar-refractivity contribution in [3.8, 4) is 0 Å². The second-order valence-corrected chi connectivity index (χ2v) is 10.7. The highest BCUT2D eigenvalue weighted by molar-refractivity contribution is 7.89. The van der Waals surface area contributed by atoms with Crippen LogP contribution < -0.4 is 0 Å². The Bertz CT molecular complexity index is 912. The molecule has 31 heavy (non-hydrogen) atoms. The van der Waals surface area contributed by atoms with Crippen LogP contribution in [0.2, 0.25) is 0 Å². The van der Waals surface area contributed by atoms with Gasteiger partial charge in [-0.2, -0.15) is 4.31 Å². The maximum atomic E-state index is 13.4. The van der Waals surface area contributed by atoms with E-state index in [0.717, 1.165) is 16.7 Å². The maximum absolute atomic E-state index is 13.4. The molecule has 2 heterocycles. The number of carbonyl (C=O) groups excluding carboxylic acids is 2. The molecular weight excluding hydrogens is 416 g/mol. The zero-order valence-electron chi connectivity index (χ0n) is 19.0. The molecule has 1 amide bonds. The standard InChI is InChI=1S/C23H34N2O5S/c1-5-30-23(27)19-8-11-24(12-9-19)22(26)20-7-6-10-25(15-20)31(28,29)21-17(3)13-16(2)14-18(21)4/h13-14,19-20H,5-12,15H2,1-4H3/t20-/m1/s1. The number of sulfonamides is 1. The van der Waals surface area contributed by atoms with Gasteiger partial charge >= 0.3 is 5.97 Å². The lowest BCUT2D eigenvalue weighted by Crippen LogP contribution is -2.49. The summed E-state index contributed by atoms with van der Waals surface area (Å²) in [7, 11) is -3.66. The topological polar surface area (TPSA) is 84.0 Å². The second-order valence-electron chi connectivity index (χ2n) is 8.78. The van der Waals surface area contributed by atoms with Crippen molar-refractivity contribution in [3.05, 3.63) is 28.8 Å². The van der Waals surface area contributed by atoms with E-state index in [9.17, 15) is 18.0 Å². The summed E-state index contributed by atoms with van der Waals surface area (Å²) in [5.74, 6) is -0.679. The summed E-state index contributed by atoms with van der Waals surface area (Å²) in [5, 5.41) is 0. The van der Waals surface area contributed by atoms with Crippen molar-refractivity contribution in [2.24, 2.45) is 11.8 Å². The Balaban J connectivity index is 1.68. The minimum atomic E-state index is -3.66. The van der Waals surface area contributed by atoms with Gasteiger partial charge < -0.3 is 9.64 Å². The molecule has 3 rings (SSSR count). The molecule has 2 aliphatic rings. The number of carbonyl (C=O) groups is 2. The summed E-state index contributed by atoms with van der Waals surface area (Å²) < 4.78 is 33.4. The summed E-state index contributed by atoms with van der Waals surface area (Å²) in [6.45, 7) is 9.44. The molecule has 172 valence electrons. The molecule has 0 radical (unpaired) electrons. The Labute approximate surface area is 185 Å². The molecule has 1 aromatic rings. The molecule has 0 unspecified atom stereocenters. The lowest BCUT2D eigenvalue weighted by Gasteiger charge is -2.37. The highest BCUT2D eigenvalue weighted by atomic mass is 32.2. The average molecular weight is 451 g/mol. The molecule has 7 nitrogen and oxygen atoms in total. The monoisotopic (exact) mass is 450 g/mol. The third kappa shape index (κ3) is 5.12. The first-order valence-corrected chi connectivity index (χ1v) is 12.6. The maximum Gasteiger partial charge on any atom is 0.309 e. The van der Waals surface area contributed by atoms with Crippen LogP contribution in [0.25, 0.3) is 0 Å². The quantitative estimate of drug-likeness (QED) is 0.644. The van der Waals surface area contributed by atoms with Gasteiger partial charge in [0.15, 0.2) is 0 Å². The first-order chi connectivity index (χ1) is 14.6. The van der Waals surface area contributed by atoms with Crippen molar-refractivity contribution in [2.75, 3.05) is 32.8 Å². The molecule has 0 N–H and O–H groups in total. The predicted octanol–water partition coefficient (Wildman–Crippen LogP) is 2.81. The number of piperidine rings is 2. The van der Waals surface area contributed by atoms with Crippen LogP contribution >= 0.6 is 0 Å². The van der Waals surface area contributed by atoms with Crippen molar-refractivity contribution in [2.45, 2.75) is 58.3 Å². The van der Waals surface area contributed by atoms with Gasteiger partial charge in [0, 0.05) is 26.2 Å². The van der Waals surface area contributed by atoms with E-state index in [1.165, 1.54) is 4.31 Å². The van der Waals surface area contributed by atoms with E-state index < -0.39 is 10.0 Å². The fraction of sp³-hybridized carbons (Fsp3) is 0.652. The minimum absolute atomic E-state index is 0.000408. The van der Waals surface area contributed by atoms with Crippen LogP contribution in [0.1, 0.15) is 49.3 Å². The number of benzene rings is 1. The Kier molecular flexibility index (Phi) is 7.42. The summed E-state index contributed by atoms with van der Waals surface area (Å²) >= 11 is 0. The van der Waals surface area contributed by atoms with Gasteiger partial charge in [-0.15, -0.1) is 0 Å². The van der Waals surface area contributed by atoms with Crippen molar-refractivity contribution >= 4 is 21.9 Å². The number of rotatable bonds is 5. The molecule has 0 saturated carbocycles. The predicted molar refractivity (Wildman–Crippen MR) is 118 cm³/mol. The number of hydrogen-bond acceptors (Lipinski definition) is 5. The molecule has 1 atom stereocenters. The molecule has 0 aromatic heterocycles. The molecule has 2 saturated heterocycles. The Hall–Kier alpha value is -1.93.